The SMILES string of the molecule is CC(=O)O[C@H]1[C@@H]2O[Si]([Si](C)(C)C)([Si](C)(C)C)[Si](C)(C)[Si]([Si](C)(C)C)([Si](C)(C)C)O[C@@H]2CO[C@]12COC(C)(C)O2. The number of hydrogen-bond donors (Lipinski definition) is 0. The molecule has 3 aliphatic rings. The average Bonchev–Trinajstić information content (AvgIpc) is 2.91. The third-order valence-electron chi connectivity index (χ3n) is 9.55. The van der Waals surface area contributed by atoms with E-state index in [1.54, 1.807) is 0 Å². The molecule has 228 valence electrons. The number of fused-ring (bicyclic) bond motifs is 1. The van der Waals surface area contributed by atoms with Crippen molar-refractivity contribution >= 4 is 57.2 Å². The molecule has 0 N–H and O–H groups in total. The Labute approximate surface area is 244 Å². The fourth-order valence-corrected chi connectivity index (χ4v) is 259. The van der Waals surface area contributed by atoms with Crippen molar-refractivity contribution in [3.63, 3.8) is 0 Å². The molecule has 1 spiro atoms. The van der Waals surface area contributed by atoms with Gasteiger partial charge >= 0.3 is 5.97 Å². The molecule has 7 nitrogen and oxygen atoms in total. The highest BCUT2D eigenvalue weighted by molar-refractivity contribution is 8.08. The Morgan fingerprint density at radius 3 is 1.56 bits per heavy atom. The molecule has 0 amide bonds. The second-order valence-corrected chi connectivity index (χ2v) is 90.3. The molecule has 3 heterocycles. The van der Waals surface area contributed by atoms with Crippen molar-refractivity contribution in [3.8, 4) is 0 Å². The van der Waals surface area contributed by atoms with Crippen LogP contribution in [0.4, 0.5) is 0 Å². The maximum atomic E-state index is 12.7. The molecule has 0 aromatic carbocycles. The Hall–Kier alpha value is 0.788. The third-order valence-corrected chi connectivity index (χ3v) is 153. The molecule has 4 atom stereocenters. The lowest BCUT2D eigenvalue weighted by Gasteiger charge is -2.65. The Morgan fingerprint density at radius 1 is 0.769 bits per heavy atom. The maximum Gasteiger partial charge on any atom is 0.303 e. The number of hydrogen-bond acceptors (Lipinski definition) is 7. The van der Waals surface area contributed by atoms with Crippen molar-refractivity contribution in [2.45, 2.75) is 142 Å². The molecule has 0 unspecified atom stereocenters. The van der Waals surface area contributed by atoms with Crippen LogP contribution in [-0.4, -0.2) is 100 Å². The quantitative estimate of drug-likeness (QED) is 0.278. The van der Waals surface area contributed by atoms with Crippen LogP contribution in [0.5, 0.6) is 0 Å². The van der Waals surface area contributed by atoms with Gasteiger partial charge in [0.25, 0.3) is 0 Å². The molecule has 0 aromatic rings. The smallest absolute Gasteiger partial charge is 0.303 e. The van der Waals surface area contributed by atoms with E-state index in [1.807, 2.05) is 13.8 Å². The lowest BCUT2D eigenvalue weighted by Crippen LogP contribution is -2.98. The molecule has 3 aliphatic heterocycles. The van der Waals surface area contributed by atoms with E-state index >= 15 is 0 Å². The van der Waals surface area contributed by atoms with Crippen molar-refractivity contribution in [1.82, 2.24) is 0 Å². The molecule has 3 saturated heterocycles. The van der Waals surface area contributed by atoms with Gasteiger partial charge in [-0.2, -0.15) is 0 Å². The van der Waals surface area contributed by atoms with Gasteiger partial charge < -0.3 is 27.8 Å². The van der Waals surface area contributed by atoms with Crippen LogP contribution in [0.1, 0.15) is 20.8 Å². The standard InChI is InChI=1S/C25H58O7Si7/c1-20(26)29-23-22-21(18-27-25(23)19-28-24(2,3)32-25)30-38(33(4,5)6,34(7,8)9)37(16,17)39(31-22,35(10,11)12)36(13,14)15/h21-23H,18-19H2,1-17H3/t21-,22-,23+,25+/m1/s1. The van der Waals surface area contributed by atoms with E-state index in [-0.39, 0.29) is 18.7 Å². The van der Waals surface area contributed by atoms with Crippen molar-refractivity contribution in [3.05, 3.63) is 0 Å². The van der Waals surface area contributed by atoms with E-state index in [2.05, 4.69) is 91.7 Å². The molecule has 0 radical (unpaired) electrons. The minimum atomic E-state index is -2.44. The molecule has 0 aliphatic carbocycles. The van der Waals surface area contributed by atoms with E-state index in [0.717, 1.165) is 0 Å². The minimum absolute atomic E-state index is 0.199. The normalized spacial score (nSPS) is 34.3. The summed E-state index contributed by atoms with van der Waals surface area (Å²) >= 11 is 0. The summed E-state index contributed by atoms with van der Waals surface area (Å²) < 4.78 is 41.3. The average molecular weight is 667 g/mol. The lowest BCUT2D eigenvalue weighted by atomic mass is 9.97. The second kappa shape index (κ2) is 9.90. The van der Waals surface area contributed by atoms with Gasteiger partial charge in [0.05, 0.1) is 50.2 Å². The molecule has 14 heteroatoms. The van der Waals surface area contributed by atoms with Crippen LogP contribution < -0.4 is 0 Å². The fraction of sp³-hybridized carbons (Fsp3) is 0.960. The number of esters is 1. The minimum Gasteiger partial charge on any atom is -0.454 e. The first kappa shape index (κ1) is 34.3. The molecule has 39 heavy (non-hydrogen) atoms. The fourth-order valence-electron chi connectivity index (χ4n) is 10.1. The Bertz CT molecular complexity index is 934. The van der Waals surface area contributed by atoms with Crippen molar-refractivity contribution in [2.75, 3.05) is 13.2 Å². The predicted molar refractivity (Wildman–Crippen MR) is 177 cm³/mol. The molecule has 3 rings (SSSR count). The molecule has 0 saturated carbocycles. The summed E-state index contributed by atoms with van der Waals surface area (Å²) in [5.74, 6) is -2.39. The zero-order valence-corrected chi connectivity index (χ0v) is 35.0. The van der Waals surface area contributed by atoms with Crippen LogP contribution in [0, 0.1) is 0 Å². The van der Waals surface area contributed by atoms with Gasteiger partial charge in [-0.05, 0) is 13.8 Å². The van der Waals surface area contributed by atoms with Crippen molar-refractivity contribution in [1.29, 1.82) is 0 Å². The number of rotatable bonds is 5. The maximum absolute atomic E-state index is 12.7. The summed E-state index contributed by atoms with van der Waals surface area (Å²) in [7, 11) is -9.62. The predicted octanol–water partition coefficient (Wildman–Crippen LogP) is 5.63. The van der Waals surface area contributed by atoms with Crippen molar-refractivity contribution in [2.24, 2.45) is 0 Å². The van der Waals surface area contributed by atoms with Gasteiger partial charge in [0.15, 0.2) is 25.6 Å². The zero-order valence-electron chi connectivity index (χ0n) is 28.0. The second-order valence-electron chi connectivity index (χ2n) is 17.2. The van der Waals surface area contributed by atoms with Crippen LogP contribution in [0.2, 0.25) is 91.7 Å². The monoisotopic (exact) mass is 666 g/mol. The number of carbonyl (C=O) groups is 1. The van der Waals surface area contributed by atoms with E-state index < -0.39 is 75.0 Å². The summed E-state index contributed by atoms with van der Waals surface area (Å²) in [5, 5.41) is 0. The number of carbonyl (C=O) groups excluding carboxylic acids is 1. The highest BCUT2D eigenvalue weighted by Gasteiger charge is 2.81. The highest BCUT2D eigenvalue weighted by atomic mass is 30.2. The van der Waals surface area contributed by atoms with Gasteiger partial charge in [-0.1, -0.05) is 91.7 Å². The Kier molecular flexibility index (Phi) is 8.70. The molecule has 0 aromatic heterocycles. The summed E-state index contributed by atoms with van der Waals surface area (Å²) in [6.07, 6.45) is -1.43. The highest BCUT2D eigenvalue weighted by Crippen LogP contribution is 2.53. The van der Waals surface area contributed by atoms with E-state index in [4.69, 9.17) is 27.8 Å². The van der Waals surface area contributed by atoms with Gasteiger partial charge in [-0.25, -0.2) is 0 Å². The third kappa shape index (κ3) is 5.07. The molecular formula is C25H58O7Si7. The van der Waals surface area contributed by atoms with Gasteiger partial charge in [-0.15, -0.1) is 0 Å². The molecular weight excluding hydrogens is 609 g/mol. The van der Waals surface area contributed by atoms with Gasteiger partial charge in [-0.3, -0.25) is 4.79 Å². The van der Waals surface area contributed by atoms with Crippen molar-refractivity contribution < 1.29 is 32.6 Å². The van der Waals surface area contributed by atoms with E-state index in [0.29, 0.717) is 6.61 Å². The summed E-state index contributed by atoms with van der Waals surface area (Å²) in [5.41, 5.74) is 0. The lowest BCUT2D eigenvalue weighted by molar-refractivity contribution is -0.334. The van der Waals surface area contributed by atoms with Crippen LogP contribution in [0.3, 0.4) is 0 Å². The first-order valence-electron chi connectivity index (χ1n) is 14.6. The largest absolute Gasteiger partial charge is 0.454 e. The van der Waals surface area contributed by atoms with Gasteiger partial charge in [0.1, 0.15) is 12.7 Å². The molecule has 3 fully saturated rings. The van der Waals surface area contributed by atoms with Gasteiger partial charge in [0.2, 0.25) is 5.79 Å². The van der Waals surface area contributed by atoms with Crippen LogP contribution in [0.25, 0.3) is 0 Å². The summed E-state index contributed by atoms with van der Waals surface area (Å²) in [6.45, 7) is 37.5. The summed E-state index contributed by atoms with van der Waals surface area (Å²) in [6, 6.07) is 0. The summed E-state index contributed by atoms with van der Waals surface area (Å²) in [4.78, 5) is 12.7. The topological polar surface area (TPSA) is 72.5 Å². The van der Waals surface area contributed by atoms with E-state index in [1.165, 1.54) is 6.92 Å². The first-order chi connectivity index (χ1) is 17.1. The number of ether oxygens (including phenoxy) is 4. The zero-order chi connectivity index (χ0) is 30.5. The Balaban J connectivity index is 2.45. The van der Waals surface area contributed by atoms with Gasteiger partial charge in [0, 0.05) is 6.92 Å². The Morgan fingerprint density at radius 2 is 1.21 bits per heavy atom. The molecule has 0 bridgehead atoms. The van der Waals surface area contributed by atoms with Crippen LogP contribution >= 0.6 is 0 Å². The van der Waals surface area contributed by atoms with Crippen LogP contribution in [0.15, 0.2) is 0 Å². The first-order valence-corrected chi connectivity index (χ1v) is 41.5. The van der Waals surface area contributed by atoms with E-state index in [9.17, 15) is 4.79 Å². The van der Waals surface area contributed by atoms with Crippen LogP contribution in [-0.2, 0) is 32.6 Å².